The van der Waals surface area contributed by atoms with Crippen molar-refractivity contribution < 1.29 is 8.78 Å². The number of hydrogen-bond acceptors (Lipinski definition) is 2. The maximum Gasteiger partial charge on any atom is 0.152 e. The third-order valence-corrected chi connectivity index (χ3v) is 2.69. The van der Waals surface area contributed by atoms with Gasteiger partial charge in [0, 0.05) is 18.9 Å². The summed E-state index contributed by atoms with van der Waals surface area (Å²) in [6.07, 6.45) is 3.41. The number of aryl methyl sites for hydroxylation is 2. The Kier molecular flexibility index (Phi) is 3.55. The Bertz CT molecular complexity index is 568. The zero-order chi connectivity index (χ0) is 13.1. The first-order valence-electron chi connectivity index (χ1n) is 5.67. The number of nitrogens with one attached hydrogen (secondary N) is 1. The lowest BCUT2D eigenvalue weighted by Crippen LogP contribution is -2.05. The van der Waals surface area contributed by atoms with Crippen molar-refractivity contribution in [2.24, 2.45) is 0 Å². The molecule has 2 aromatic rings. The lowest BCUT2D eigenvalue weighted by Gasteiger charge is -2.10. The van der Waals surface area contributed by atoms with Crippen molar-refractivity contribution in [1.82, 2.24) is 4.98 Å². The molecule has 4 heteroatoms. The lowest BCUT2D eigenvalue weighted by atomic mass is 10.2. The second-order valence-corrected chi connectivity index (χ2v) is 4.28. The summed E-state index contributed by atoms with van der Waals surface area (Å²) in [7, 11) is 0. The minimum atomic E-state index is -0.585. The van der Waals surface area contributed by atoms with E-state index in [1.807, 2.05) is 13.0 Å². The molecule has 2 rings (SSSR count). The van der Waals surface area contributed by atoms with Crippen LogP contribution in [0.5, 0.6) is 0 Å². The predicted octanol–water partition coefficient (Wildman–Crippen LogP) is 3.59. The van der Waals surface area contributed by atoms with Crippen molar-refractivity contribution in [1.29, 1.82) is 0 Å². The SMILES string of the molecule is Cc1cncc(CNc2c(F)ccc(C)c2F)c1. The van der Waals surface area contributed by atoms with Gasteiger partial charge in [0.1, 0.15) is 11.5 Å². The molecular formula is C14H14F2N2. The summed E-state index contributed by atoms with van der Waals surface area (Å²) in [5.74, 6) is -1.13. The third-order valence-electron chi connectivity index (χ3n) is 2.69. The monoisotopic (exact) mass is 248 g/mol. The second-order valence-electron chi connectivity index (χ2n) is 4.28. The number of aromatic nitrogens is 1. The highest BCUT2D eigenvalue weighted by atomic mass is 19.1. The summed E-state index contributed by atoms with van der Waals surface area (Å²) in [6.45, 7) is 3.87. The van der Waals surface area contributed by atoms with Gasteiger partial charge in [-0.25, -0.2) is 8.78 Å². The molecule has 0 spiro atoms. The summed E-state index contributed by atoms with van der Waals surface area (Å²) in [4.78, 5) is 4.03. The molecule has 0 bridgehead atoms. The van der Waals surface area contributed by atoms with Gasteiger partial charge in [0.05, 0.1) is 0 Å². The summed E-state index contributed by atoms with van der Waals surface area (Å²) >= 11 is 0. The smallest absolute Gasteiger partial charge is 0.152 e. The van der Waals surface area contributed by atoms with Gasteiger partial charge in [0.2, 0.25) is 0 Å². The van der Waals surface area contributed by atoms with Crippen LogP contribution in [-0.4, -0.2) is 4.98 Å². The molecule has 1 aromatic carbocycles. The van der Waals surface area contributed by atoms with Gasteiger partial charge in [-0.1, -0.05) is 12.1 Å². The van der Waals surface area contributed by atoms with E-state index in [0.29, 0.717) is 12.1 Å². The number of halogens is 2. The molecule has 0 saturated heterocycles. The fourth-order valence-electron chi connectivity index (χ4n) is 1.72. The minimum Gasteiger partial charge on any atom is -0.376 e. The van der Waals surface area contributed by atoms with Gasteiger partial charge in [0.15, 0.2) is 5.82 Å². The second kappa shape index (κ2) is 5.12. The van der Waals surface area contributed by atoms with Gasteiger partial charge in [-0.3, -0.25) is 4.98 Å². The van der Waals surface area contributed by atoms with Crippen LogP contribution in [0.15, 0.2) is 30.6 Å². The van der Waals surface area contributed by atoms with Crippen molar-refractivity contribution in [2.45, 2.75) is 20.4 Å². The van der Waals surface area contributed by atoms with E-state index in [1.54, 1.807) is 19.3 Å². The predicted molar refractivity (Wildman–Crippen MR) is 67.4 cm³/mol. The summed E-state index contributed by atoms with van der Waals surface area (Å²) < 4.78 is 27.2. The molecule has 18 heavy (non-hydrogen) atoms. The average Bonchev–Trinajstić information content (AvgIpc) is 2.34. The molecule has 0 fully saturated rings. The van der Waals surface area contributed by atoms with Gasteiger partial charge >= 0.3 is 0 Å². The Morgan fingerprint density at radius 3 is 2.67 bits per heavy atom. The first kappa shape index (κ1) is 12.5. The number of nitrogens with zero attached hydrogens (tertiary/aromatic N) is 1. The summed E-state index contributed by atoms with van der Waals surface area (Å²) in [6, 6.07) is 4.60. The van der Waals surface area contributed by atoms with E-state index in [-0.39, 0.29) is 5.69 Å². The van der Waals surface area contributed by atoms with Gasteiger partial charge in [-0.15, -0.1) is 0 Å². The van der Waals surface area contributed by atoms with E-state index < -0.39 is 11.6 Å². The molecule has 94 valence electrons. The molecule has 0 radical (unpaired) electrons. The molecular weight excluding hydrogens is 234 g/mol. The molecule has 0 aliphatic carbocycles. The maximum absolute atomic E-state index is 13.7. The normalized spacial score (nSPS) is 10.4. The average molecular weight is 248 g/mol. The molecule has 0 amide bonds. The summed E-state index contributed by atoms with van der Waals surface area (Å²) in [5, 5.41) is 2.78. The molecule has 0 aliphatic rings. The highest BCUT2D eigenvalue weighted by Gasteiger charge is 2.10. The maximum atomic E-state index is 13.7. The lowest BCUT2D eigenvalue weighted by molar-refractivity contribution is 0.582. The quantitative estimate of drug-likeness (QED) is 0.897. The van der Waals surface area contributed by atoms with E-state index in [0.717, 1.165) is 11.1 Å². The van der Waals surface area contributed by atoms with E-state index in [1.165, 1.54) is 12.1 Å². The van der Waals surface area contributed by atoms with Crippen LogP contribution in [0.4, 0.5) is 14.5 Å². The summed E-state index contributed by atoms with van der Waals surface area (Å²) in [5.41, 5.74) is 2.23. The zero-order valence-electron chi connectivity index (χ0n) is 10.3. The fourth-order valence-corrected chi connectivity index (χ4v) is 1.72. The van der Waals surface area contributed by atoms with Gasteiger partial charge < -0.3 is 5.32 Å². The Morgan fingerprint density at radius 2 is 1.94 bits per heavy atom. The van der Waals surface area contributed by atoms with E-state index >= 15 is 0 Å². The van der Waals surface area contributed by atoms with Crippen molar-refractivity contribution in [3.05, 3.63) is 58.9 Å². The molecule has 0 saturated carbocycles. The van der Waals surface area contributed by atoms with Crippen LogP contribution >= 0.6 is 0 Å². The molecule has 1 N–H and O–H groups in total. The topological polar surface area (TPSA) is 24.9 Å². The van der Waals surface area contributed by atoms with Crippen molar-refractivity contribution >= 4 is 5.69 Å². The first-order valence-corrected chi connectivity index (χ1v) is 5.67. The van der Waals surface area contributed by atoms with Crippen LogP contribution < -0.4 is 5.32 Å². The van der Waals surface area contributed by atoms with Crippen molar-refractivity contribution in [3.8, 4) is 0 Å². The van der Waals surface area contributed by atoms with Gasteiger partial charge in [-0.05, 0) is 36.6 Å². The Balaban J connectivity index is 2.18. The minimum absolute atomic E-state index is 0.0866. The number of benzene rings is 1. The highest BCUT2D eigenvalue weighted by Crippen LogP contribution is 2.22. The van der Waals surface area contributed by atoms with Gasteiger partial charge in [-0.2, -0.15) is 0 Å². The van der Waals surface area contributed by atoms with E-state index in [2.05, 4.69) is 10.3 Å². The molecule has 0 atom stereocenters. The van der Waals surface area contributed by atoms with Crippen LogP contribution in [-0.2, 0) is 6.54 Å². The fraction of sp³-hybridized carbons (Fsp3) is 0.214. The van der Waals surface area contributed by atoms with Crippen molar-refractivity contribution in [2.75, 3.05) is 5.32 Å². The molecule has 0 aliphatic heterocycles. The van der Waals surface area contributed by atoms with Gasteiger partial charge in [0.25, 0.3) is 0 Å². The molecule has 2 nitrogen and oxygen atoms in total. The molecule has 1 aromatic heterocycles. The van der Waals surface area contributed by atoms with E-state index in [4.69, 9.17) is 0 Å². The Hall–Kier alpha value is -1.97. The van der Waals surface area contributed by atoms with Crippen LogP contribution in [0, 0.1) is 25.5 Å². The largest absolute Gasteiger partial charge is 0.376 e. The zero-order valence-corrected chi connectivity index (χ0v) is 10.3. The van der Waals surface area contributed by atoms with Crippen LogP contribution in [0.1, 0.15) is 16.7 Å². The number of rotatable bonds is 3. The highest BCUT2D eigenvalue weighted by molar-refractivity contribution is 5.49. The number of pyridine rings is 1. The van der Waals surface area contributed by atoms with Crippen LogP contribution in [0.25, 0.3) is 0 Å². The van der Waals surface area contributed by atoms with Crippen molar-refractivity contribution in [3.63, 3.8) is 0 Å². The number of hydrogen-bond donors (Lipinski definition) is 1. The third kappa shape index (κ3) is 2.64. The molecule has 1 heterocycles. The van der Waals surface area contributed by atoms with Crippen LogP contribution in [0.3, 0.4) is 0 Å². The molecule has 0 unspecified atom stereocenters. The Labute approximate surface area is 105 Å². The van der Waals surface area contributed by atoms with Crippen LogP contribution in [0.2, 0.25) is 0 Å². The van der Waals surface area contributed by atoms with E-state index in [9.17, 15) is 8.78 Å². The first-order chi connectivity index (χ1) is 8.58. The standard InChI is InChI=1S/C14H14F2N2/c1-9-5-11(7-17-6-9)8-18-14-12(15)4-3-10(2)13(14)16/h3-7,18H,8H2,1-2H3. The Morgan fingerprint density at radius 1 is 1.17 bits per heavy atom. The number of anilines is 1.